The molecule has 15 heavy (non-hydrogen) atoms. The first-order valence-corrected chi connectivity index (χ1v) is 5.03. The maximum absolute atomic E-state index is 8.87. The monoisotopic (exact) mass is 203 g/mol. The molecule has 1 aliphatic rings. The van der Waals surface area contributed by atoms with Gasteiger partial charge in [0.2, 0.25) is 0 Å². The molecule has 1 saturated carbocycles. The molecule has 0 bridgehead atoms. The van der Waals surface area contributed by atoms with E-state index in [9.17, 15) is 0 Å². The molecule has 0 aromatic carbocycles. The third-order valence-electron chi connectivity index (χ3n) is 2.61. The maximum Gasteiger partial charge on any atom is 0.166 e. The zero-order valence-corrected chi connectivity index (χ0v) is 8.35. The zero-order valence-electron chi connectivity index (χ0n) is 8.35. The Bertz CT molecular complexity index is 380. The number of hydrogen-bond donors (Lipinski definition) is 2. The molecule has 3 N–H and O–H groups in total. The van der Waals surface area contributed by atoms with E-state index in [1.54, 1.807) is 6.07 Å². The Morgan fingerprint density at radius 2 is 2.47 bits per heavy atom. The van der Waals surface area contributed by atoms with Crippen LogP contribution in [-0.2, 0) is 0 Å². The van der Waals surface area contributed by atoms with E-state index < -0.39 is 0 Å². The Hall–Kier alpha value is -1.67. The molecule has 1 aliphatic carbocycles. The van der Waals surface area contributed by atoms with E-state index in [2.05, 4.69) is 21.6 Å². The lowest BCUT2D eigenvalue weighted by molar-refractivity contribution is 0.640. The van der Waals surface area contributed by atoms with E-state index in [1.807, 2.05) is 0 Å². The topological polar surface area (TPSA) is 87.6 Å². The van der Waals surface area contributed by atoms with Crippen LogP contribution >= 0.6 is 0 Å². The van der Waals surface area contributed by atoms with Gasteiger partial charge in [-0.2, -0.15) is 10.4 Å². The SMILES string of the molecule is N#Cc1ccnnc1NC(CN)C1CC1. The van der Waals surface area contributed by atoms with Crippen molar-refractivity contribution in [1.29, 1.82) is 5.26 Å². The predicted molar refractivity (Wildman–Crippen MR) is 55.9 cm³/mol. The fourth-order valence-corrected chi connectivity index (χ4v) is 1.57. The molecule has 0 aliphatic heterocycles. The first-order chi connectivity index (χ1) is 7.35. The number of nitrogens with zero attached hydrogens (tertiary/aromatic N) is 3. The van der Waals surface area contributed by atoms with Gasteiger partial charge in [0.15, 0.2) is 5.82 Å². The van der Waals surface area contributed by atoms with E-state index in [1.165, 1.54) is 19.0 Å². The first kappa shape index (κ1) is 9.87. The van der Waals surface area contributed by atoms with E-state index in [0.717, 1.165) is 0 Å². The van der Waals surface area contributed by atoms with Crippen molar-refractivity contribution in [3.63, 3.8) is 0 Å². The lowest BCUT2D eigenvalue weighted by atomic mass is 10.2. The predicted octanol–water partition coefficient (Wildman–Crippen LogP) is 0.497. The number of nitriles is 1. The first-order valence-electron chi connectivity index (χ1n) is 5.03. The molecule has 1 heterocycles. The minimum atomic E-state index is 0.216. The van der Waals surface area contributed by atoms with Crippen molar-refractivity contribution in [2.75, 3.05) is 11.9 Å². The average Bonchev–Trinajstić information content (AvgIpc) is 3.10. The maximum atomic E-state index is 8.87. The summed E-state index contributed by atoms with van der Waals surface area (Å²) in [6.45, 7) is 0.562. The molecule has 0 spiro atoms. The van der Waals surface area contributed by atoms with Gasteiger partial charge in [-0.25, -0.2) is 0 Å². The third kappa shape index (κ3) is 2.22. The van der Waals surface area contributed by atoms with Crippen molar-refractivity contribution < 1.29 is 0 Å². The van der Waals surface area contributed by atoms with Crippen molar-refractivity contribution in [2.24, 2.45) is 11.7 Å². The molecule has 1 aromatic rings. The smallest absolute Gasteiger partial charge is 0.166 e. The molecule has 2 rings (SSSR count). The molecule has 1 aromatic heterocycles. The highest BCUT2D eigenvalue weighted by Crippen LogP contribution is 2.33. The number of nitrogens with two attached hydrogens (primary N) is 1. The van der Waals surface area contributed by atoms with Crippen LogP contribution in [0.3, 0.4) is 0 Å². The van der Waals surface area contributed by atoms with Gasteiger partial charge in [0, 0.05) is 12.6 Å². The summed E-state index contributed by atoms with van der Waals surface area (Å²) in [5, 5.41) is 19.7. The van der Waals surface area contributed by atoms with Gasteiger partial charge in [-0.3, -0.25) is 0 Å². The van der Waals surface area contributed by atoms with Crippen LogP contribution in [-0.4, -0.2) is 22.8 Å². The normalized spacial score (nSPS) is 16.8. The molecule has 5 nitrogen and oxygen atoms in total. The van der Waals surface area contributed by atoms with E-state index >= 15 is 0 Å². The Labute approximate surface area is 88.3 Å². The van der Waals surface area contributed by atoms with Gasteiger partial charge in [0.05, 0.1) is 11.8 Å². The number of anilines is 1. The second kappa shape index (κ2) is 4.24. The number of hydrogen-bond acceptors (Lipinski definition) is 5. The summed E-state index contributed by atoms with van der Waals surface area (Å²) in [6.07, 6.45) is 3.92. The fourth-order valence-electron chi connectivity index (χ4n) is 1.57. The molecular formula is C10H13N5. The van der Waals surface area contributed by atoms with E-state index in [-0.39, 0.29) is 6.04 Å². The highest BCUT2D eigenvalue weighted by atomic mass is 15.2. The Kier molecular flexibility index (Phi) is 2.79. The molecule has 0 radical (unpaired) electrons. The van der Waals surface area contributed by atoms with E-state index in [4.69, 9.17) is 11.0 Å². The average molecular weight is 203 g/mol. The molecule has 1 atom stereocenters. The molecule has 1 fully saturated rings. The standard InChI is InChI=1S/C10H13N5/c11-5-8-3-4-13-15-10(8)14-9(6-12)7-1-2-7/h3-4,7,9H,1-2,6,12H2,(H,14,15). The van der Waals surface area contributed by atoms with Crippen LogP contribution in [0.4, 0.5) is 5.82 Å². The largest absolute Gasteiger partial charge is 0.363 e. The minimum Gasteiger partial charge on any atom is -0.363 e. The quantitative estimate of drug-likeness (QED) is 0.743. The number of rotatable bonds is 4. The van der Waals surface area contributed by atoms with Crippen LogP contribution in [0, 0.1) is 17.2 Å². The highest BCUT2D eigenvalue weighted by molar-refractivity contribution is 5.51. The Morgan fingerprint density at radius 1 is 1.67 bits per heavy atom. The van der Waals surface area contributed by atoms with Crippen LogP contribution in [0.1, 0.15) is 18.4 Å². The molecular weight excluding hydrogens is 190 g/mol. The highest BCUT2D eigenvalue weighted by Gasteiger charge is 2.30. The second-order valence-corrected chi connectivity index (χ2v) is 3.73. The van der Waals surface area contributed by atoms with Crippen molar-refractivity contribution in [3.05, 3.63) is 17.8 Å². The summed E-state index contributed by atoms with van der Waals surface area (Å²) in [5.41, 5.74) is 6.18. The molecule has 0 amide bonds. The molecule has 78 valence electrons. The summed E-state index contributed by atoms with van der Waals surface area (Å²) in [4.78, 5) is 0. The van der Waals surface area contributed by atoms with Crippen molar-refractivity contribution in [1.82, 2.24) is 10.2 Å². The van der Waals surface area contributed by atoms with Gasteiger partial charge in [-0.1, -0.05) is 0 Å². The second-order valence-electron chi connectivity index (χ2n) is 3.73. The van der Waals surface area contributed by atoms with Crippen molar-refractivity contribution >= 4 is 5.82 Å². The number of aromatic nitrogens is 2. The van der Waals surface area contributed by atoms with E-state index in [0.29, 0.717) is 23.8 Å². The van der Waals surface area contributed by atoms with Gasteiger partial charge in [-0.15, -0.1) is 5.10 Å². The Balaban J connectivity index is 2.12. The molecule has 5 heteroatoms. The van der Waals surface area contributed by atoms with Gasteiger partial charge in [0.1, 0.15) is 6.07 Å². The summed E-state index contributed by atoms with van der Waals surface area (Å²) in [5.74, 6) is 1.17. The van der Waals surface area contributed by atoms with Crippen LogP contribution in [0.15, 0.2) is 12.3 Å². The van der Waals surface area contributed by atoms with Gasteiger partial charge in [-0.05, 0) is 24.8 Å². The van der Waals surface area contributed by atoms with Crippen LogP contribution in [0.25, 0.3) is 0 Å². The van der Waals surface area contributed by atoms with Gasteiger partial charge in [0.25, 0.3) is 0 Å². The summed E-state index contributed by atoms with van der Waals surface area (Å²) >= 11 is 0. The Morgan fingerprint density at radius 3 is 3.07 bits per heavy atom. The lowest BCUT2D eigenvalue weighted by Gasteiger charge is -2.16. The molecule has 1 unspecified atom stereocenters. The van der Waals surface area contributed by atoms with Crippen molar-refractivity contribution in [3.8, 4) is 6.07 Å². The zero-order chi connectivity index (χ0) is 10.7. The van der Waals surface area contributed by atoms with Crippen molar-refractivity contribution in [2.45, 2.75) is 18.9 Å². The van der Waals surface area contributed by atoms with Crippen LogP contribution < -0.4 is 11.1 Å². The summed E-state index contributed by atoms with van der Waals surface area (Å²) < 4.78 is 0. The summed E-state index contributed by atoms with van der Waals surface area (Å²) in [6, 6.07) is 3.94. The van der Waals surface area contributed by atoms with Gasteiger partial charge >= 0.3 is 0 Å². The summed E-state index contributed by atoms with van der Waals surface area (Å²) in [7, 11) is 0. The van der Waals surface area contributed by atoms with Crippen LogP contribution in [0.5, 0.6) is 0 Å². The van der Waals surface area contributed by atoms with Gasteiger partial charge < -0.3 is 11.1 Å². The number of nitrogens with one attached hydrogen (secondary N) is 1. The minimum absolute atomic E-state index is 0.216. The lowest BCUT2D eigenvalue weighted by Crippen LogP contribution is -2.31. The third-order valence-corrected chi connectivity index (χ3v) is 2.61. The fraction of sp³-hybridized carbons (Fsp3) is 0.500. The molecule has 0 saturated heterocycles. The van der Waals surface area contributed by atoms with Crippen LogP contribution in [0.2, 0.25) is 0 Å².